The van der Waals surface area contributed by atoms with E-state index in [0.717, 1.165) is 100 Å². The van der Waals surface area contributed by atoms with Crippen molar-refractivity contribution in [1.29, 1.82) is 0 Å². The summed E-state index contributed by atoms with van der Waals surface area (Å²) in [5, 5.41) is 5.04. The summed E-state index contributed by atoms with van der Waals surface area (Å²) in [5.74, 6) is 0.464. The molecule has 1 aliphatic carbocycles. The number of methoxy groups -OCH3 is 2. The van der Waals surface area contributed by atoms with E-state index in [9.17, 15) is 9.59 Å². The van der Waals surface area contributed by atoms with Crippen LogP contribution in [-0.2, 0) is 31.8 Å². The number of likely N-dealkylation sites (tertiary alicyclic amines) is 2. The Morgan fingerprint density at radius 3 is 1.83 bits per heavy atom. The van der Waals surface area contributed by atoms with Gasteiger partial charge in [-0.25, -0.2) is 4.79 Å². The van der Waals surface area contributed by atoms with Crippen LogP contribution in [-0.4, -0.2) is 98.0 Å². The molecule has 52 heavy (non-hydrogen) atoms. The minimum absolute atomic E-state index is 0. The zero-order chi connectivity index (χ0) is 36.1. The van der Waals surface area contributed by atoms with E-state index in [1.165, 1.54) is 17.5 Å². The maximum Gasteiger partial charge on any atom is 0.410 e. The first-order valence-electron chi connectivity index (χ1n) is 18.5. The third-order valence-corrected chi connectivity index (χ3v) is 10.5. The van der Waals surface area contributed by atoms with Gasteiger partial charge in [-0.05, 0) is 108 Å². The predicted molar refractivity (Wildman–Crippen MR) is 216 cm³/mol. The lowest BCUT2D eigenvalue weighted by atomic mass is 9.99. The average Bonchev–Trinajstić information content (AvgIpc) is 3.74. The van der Waals surface area contributed by atoms with Crippen molar-refractivity contribution < 1.29 is 23.8 Å². The number of hydrogen-bond donors (Lipinski definition) is 1. The van der Waals surface area contributed by atoms with Gasteiger partial charge in [0, 0.05) is 81.4 Å². The van der Waals surface area contributed by atoms with E-state index in [1.807, 2.05) is 49.9 Å². The van der Waals surface area contributed by atoms with Gasteiger partial charge in [0.05, 0.1) is 12.2 Å². The van der Waals surface area contributed by atoms with E-state index in [2.05, 4.69) is 34.5 Å². The van der Waals surface area contributed by atoms with Gasteiger partial charge in [0.2, 0.25) is 0 Å². The maximum absolute atomic E-state index is 12.3. The number of ketones is 1. The van der Waals surface area contributed by atoms with Crippen molar-refractivity contribution >= 4 is 47.5 Å². The molecule has 1 unspecified atom stereocenters. The highest BCUT2D eigenvalue weighted by Crippen LogP contribution is 2.30. The molecule has 4 atom stereocenters. The van der Waals surface area contributed by atoms with Crippen LogP contribution in [0.2, 0.25) is 10.0 Å². The number of hydrogen-bond acceptors (Lipinski definition) is 7. The summed E-state index contributed by atoms with van der Waals surface area (Å²) in [6.45, 7) is 9.17. The van der Waals surface area contributed by atoms with Gasteiger partial charge in [0.1, 0.15) is 11.4 Å². The van der Waals surface area contributed by atoms with Crippen LogP contribution in [0, 0.1) is 0 Å². The molecule has 3 aliphatic heterocycles. The van der Waals surface area contributed by atoms with Gasteiger partial charge in [-0.15, -0.1) is 12.4 Å². The van der Waals surface area contributed by atoms with Gasteiger partial charge in [0.15, 0.2) is 0 Å². The largest absolute Gasteiger partial charge is 0.444 e. The van der Waals surface area contributed by atoms with Gasteiger partial charge in [-0.1, -0.05) is 61.3 Å². The second-order valence-corrected chi connectivity index (χ2v) is 16.0. The quantitative estimate of drug-likeness (QED) is 0.300. The Morgan fingerprint density at radius 2 is 1.37 bits per heavy atom. The summed E-state index contributed by atoms with van der Waals surface area (Å²) in [4.78, 5) is 27.2. The molecule has 294 valence electrons. The number of piperidine rings is 1. The number of amides is 1. The number of benzene rings is 2. The van der Waals surface area contributed by atoms with Crippen LogP contribution in [0.25, 0.3) is 0 Å². The highest BCUT2D eigenvalue weighted by atomic mass is 35.5. The monoisotopic (exact) mass is 783 g/mol. The lowest BCUT2D eigenvalue weighted by Crippen LogP contribution is -2.49. The molecule has 0 radical (unpaired) electrons. The molecule has 2 aromatic rings. The number of rotatable bonds is 7. The summed E-state index contributed by atoms with van der Waals surface area (Å²) in [5.41, 5.74) is 2.19. The van der Waals surface area contributed by atoms with Crippen LogP contribution in [0.4, 0.5) is 4.79 Å². The third-order valence-electron chi connectivity index (χ3n) is 10.0. The lowest BCUT2D eigenvalue weighted by Gasteiger charge is -2.39. The van der Waals surface area contributed by atoms with Crippen molar-refractivity contribution in [1.82, 2.24) is 15.1 Å². The second-order valence-electron chi connectivity index (χ2n) is 15.1. The molecule has 0 bridgehead atoms. The van der Waals surface area contributed by atoms with Crippen LogP contribution >= 0.6 is 35.6 Å². The van der Waals surface area contributed by atoms with Gasteiger partial charge in [-0.2, -0.15) is 0 Å². The first-order chi connectivity index (χ1) is 23.9. The van der Waals surface area contributed by atoms with E-state index < -0.39 is 5.60 Å². The molecule has 0 spiro atoms. The molecule has 4 fully saturated rings. The number of Topliss-reactive ketones (excluding diaryl/α,β-unsaturated/α-hetero) is 1. The van der Waals surface area contributed by atoms with Gasteiger partial charge in [-0.3, -0.25) is 9.69 Å². The molecule has 11 heteroatoms. The number of halogens is 3. The highest BCUT2D eigenvalue weighted by molar-refractivity contribution is 6.30. The number of ether oxygens (including phenoxy) is 3. The Kier molecular flexibility index (Phi) is 20.6. The Labute approximate surface area is 330 Å². The third kappa shape index (κ3) is 15.8. The van der Waals surface area contributed by atoms with Crippen molar-refractivity contribution in [3.05, 3.63) is 69.7 Å². The maximum atomic E-state index is 12.3. The van der Waals surface area contributed by atoms with Crippen molar-refractivity contribution in [2.24, 2.45) is 0 Å². The molecular weight excluding hydrogens is 721 g/mol. The number of nitrogens with one attached hydrogen (secondary N) is 1. The highest BCUT2D eigenvalue weighted by Gasteiger charge is 2.38. The average molecular weight is 785 g/mol. The molecule has 8 nitrogen and oxygen atoms in total. The van der Waals surface area contributed by atoms with Crippen LogP contribution in [0.15, 0.2) is 48.5 Å². The first kappa shape index (κ1) is 46.2. The Hall–Kier alpha value is -1.91. The van der Waals surface area contributed by atoms with Crippen LogP contribution in [0.5, 0.6) is 0 Å². The molecule has 3 heterocycles. The normalized spacial score (nSPS) is 23.7. The zero-order valence-electron chi connectivity index (χ0n) is 31.2. The van der Waals surface area contributed by atoms with E-state index in [0.29, 0.717) is 30.0 Å². The zero-order valence-corrected chi connectivity index (χ0v) is 33.5. The molecule has 2 aromatic carbocycles. The molecule has 3 saturated heterocycles. The molecule has 0 aromatic heterocycles. The molecule has 1 N–H and O–H groups in total. The molecular formula is C41H64Cl3N3O5. The fraction of sp³-hybridized carbons (Fsp3) is 0.659. The first-order valence-corrected chi connectivity index (χ1v) is 19.2. The van der Waals surface area contributed by atoms with Crippen LogP contribution in [0.3, 0.4) is 0 Å². The lowest BCUT2D eigenvalue weighted by molar-refractivity contribution is -0.120. The second kappa shape index (κ2) is 23.1. The van der Waals surface area contributed by atoms with Crippen molar-refractivity contribution in [3.8, 4) is 0 Å². The van der Waals surface area contributed by atoms with Crippen molar-refractivity contribution in [2.75, 3.05) is 40.4 Å². The van der Waals surface area contributed by atoms with Gasteiger partial charge >= 0.3 is 6.09 Å². The van der Waals surface area contributed by atoms with E-state index in [4.69, 9.17) is 37.4 Å². The van der Waals surface area contributed by atoms with Crippen molar-refractivity contribution in [2.45, 2.75) is 135 Å². The fourth-order valence-electron chi connectivity index (χ4n) is 7.28. The van der Waals surface area contributed by atoms with Crippen molar-refractivity contribution in [3.63, 3.8) is 0 Å². The predicted octanol–water partition coefficient (Wildman–Crippen LogP) is 9.21. The molecule has 6 rings (SSSR count). The van der Waals surface area contributed by atoms with Crippen LogP contribution < -0.4 is 5.32 Å². The minimum Gasteiger partial charge on any atom is -0.444 e. The van der Waals surface area contributed by atoms with E-state index in [-0.39, 0.29) is 32.0 Å². The topological polar surface area (TPSA) is 80.3 Å². The summed E-state index contributed by atoms with van der Waals surface area (Å²) >= 11 is 11.9. The fourth-order valence-corrected chi connectivity index (χ4v) is 7.54. The summed E-state index contributed by atoms with van der Waals surface area (Å²) in [6.07, 6.45) is 11.9. The van der Waals surface area contributed by atoms with E-state index >= 15 is 0 Å². The van der Waals surface area contributed by atoms with Gasteiger partial charge in [0.25, 0.3) is 0 Å². The smallest absolute Gasteiger partial charge is 0.410 e. The number of carbonyl (C=O) groups excluding carboxylic acids is 2. The Morgan fingerprint density at radius 1 is 0.827 bits per heavy atom. The minimum atomic E-state index is -0.446. The summed E-state index contributed by atoms with van der Waals surface area (Å²) < 4.78 is 16.5. The number of nitrogens with zero attached hydrogens (tertiary/aromatic N) is 2. The Bertz CT molecular complexity index is 1310. The van der Waals surface area contributed by atoms with Crippen LogP contribution in [0.1, 0.15) is 97.1 Å². The van der Waals surface area contributed by atoms with E-state index in [1.54, 1.807) is 14.2 Å². The SMILES string of the molecule is C.CO[C@@H]1CN[C@@H](Cc2ccc(Cl)cc2)C1.CO[C@H]1CC(Cc2ccc(Cl)cc2)N(C2CCN(C(=O)OC(C)(C)C)CC2)C1.Cl.O=C1CCCCC1. The standard InChI is InChI=1S/C22H33ClN2O3.C12H16ClNO.C6H10O.CH4.ClH/c1-22(2,3)28-21(26)24-11-9-18(10-12-24)25-15-20(27-4)14-19(25)13-16-5-7-17(23)8-6-16;1-15-12-7-11(14-8-12)6-9-2-4-10(13)5-3-9;7-6-4-2-1-3-5-6;;/h5-8,18-20H,9-15H2,1-4H3;2-5,11-12,14H,6-8H2,1H3;1-5H2;1H4;1H/t19?,20-;11-,12-;;;/m00.../s1. The summed E-state index contributed by atoms with van der Waals surface area (Å²) in [7, 11) is 3.58. The molecule has 1 amide bonds. The Balaban J connectivity index is 0.000000325. The van der Waals surface area contributed by atoms with Gasteiger partial charge < -0.3 is 24.4 Å². The number of carbonyl (C=O) groups is 2. The molecule has 1 saturated carbocycles. The summed E-state index contributed by atoms with van der Waals surface area (Å²) in [6, 6.07) is 17.7. The molecule has 4 aliphatic rings.